The van der Waals surface area contributed by atoms with Crippen LogP contribution < -0.4 is 0 Å². The zero-order chi connectivity index (χ0) is 29.6. The smallest absolute Gasteiger partial charge is 0.335 e. The van der Waals surface area contributed by atoms with Gasteiger partial charge in [0.1, 0.15) is 12.3 Å². The van der Waals surface area contributed by atoms with Crippen molar-refractivity contribution in [2.75, 3.05) is 6.54 Å². The summed E-state index contributed by atoms with van der Waals surface area (Å²) in [4.78, 5) is 27.5. The van der Waals surface area contributed by atoms with Crippen molar-refractivity contribution >= 4 is 45.4 Å². The summed E-state index contributed by atoms with van der Waals surface area (Å²) in [6.07, 6.45) is 7.60. The van der Waals surface area contributed by atoms with Crippen molar-refractivity contribution in [1.29, 1.82) is 0 Å². The zero-order valence-electron chi connectivity index (χ0n) is 23.8. The molecule has 0 radical (unpaired) electrons. The number of benzene rings is 3. The third kappa shape index (κ3) is 4.66. The fourth-order valence-corrected chi connectivity index (χ4v) is 6.97. The number of aliphatic hydroxyl groups is 1. The molecule has 0 fully saturated rings. The Labute approximate surface area is 249 Å². The van der Waals surface area contributed by atoms with Gasteiger partial charge in [0.2, 0.25) is 11.5 Å². The Hall–Kier alpha value is -4.42. The lowest BCUT2D eigenvalue weighted by Crippen LogP contribution is -2.31. The third-order valence-corrected chi connectivity index (χ3v) is 9.37. The predicted molar refractivity (Wildman–Crippen MR) is 169 cm³/mol. The summed E-state index contributed by atoms with van der Waals surface area (Å²) in [6, 6.07) is 23.4. The van der Waals surface area contributed by atoms with Crippen LogP contribution in [0.25, 0.3) is 10.5 Å². The molecule has 210 valence electrons. The number of allylic oxidation sites excluding steroid dienone is 6. The molecule has 3 aliphatic rings. The van der Waals surface area contributed by atoms with Gasteiger partial charge < -0.3 is 10.2 Å². The first kappa shape index (κ1) is 27.7. The Kier molecular flexibility index (Phi) is 7.11. The van der Waals surface area contributed by atoms with Crippen LogP contribution in [-0.2, 0) is 10.2 Å². The van der Waals surface area contributed by atoms with E-state index < -0.39 is 11.4 Å². The van der Waals surface area contributed by atoms with Crippen molar-refractivity contribution in [2.45, 2.75) is 43.9 Å². The number of carboxylic acid groups (broad SMARTS) is 1. The Morgan fingerprint density at radius 3 is 2.45 bits per heavy atom. The van der Waals surface area contributed by atoms with Crippen LogP contribution in [-0.4, -0.2) is 38.8 Å². The van der Waals surface area contributed by atoms with Gasteiger partial charge in [-0.2, -0.15) is 4.58 Å². The SMILES string of the molecule is CCCC[N+]1=C(/C=C2\C(=O)C(/C=C3/C=C(c4ccccc4)Sc4ccccc43)=C2O)C(C)(C)c2cc(C(=O)O)ccc21. The van der Waals surface area contributed by atoms with Crippen LogP contribution in [0.5, 0.6) is 0 Å². The molecule has 0 bridgehead atoms. The Balaban J connectivity index is 1.42. The normalized spacial score (nSPS) is 19.1. The van der Waals surface area contributed by atoms with E-state index in [2.05, 4.69) is 35.8 Å². The van der Waals surface area contributed by atoms with Gasteiger partial charge in [0, 0.05) is 33.9 Å². The first-order valence-corrected chi connectivity index (χ1v) is 15.0. The minimum Gasteiger partial charge on any atom is -0.506 e. The Bertz CT molecular complexity index is 1800. The monoisotopic (exact) mass is 574 g/mol. The molecule has 0 saturated carbocycles. The molecule has 6 heteroatoms. The maximum absolute atomic E-state index is 13.6. The lowest BCUT2D eigenvalue weighted by Gasteiger charge is -2.23. The highest BCUT2D eigenvalue weighted by molar-refractivity contribution is 8.08. The number of unbranched alkanes of at least 4 members (excludes halogenated alkanes) is 1. The van der Waals surface area contributed by atoms with Crippen LogP contribution in [0.15, 0.2) is 113 Å². The molecular formula is C36H32NO4S+. The van der Waals surface area contributed by atoms with Crippen molar-refractivity contribution < 1.29 is 24.4 Å². The summed E-state index contributed by atoms with van der Waals surface area (Å²) >= 11 is 1.69. The lowest BCUT2D eigenvalue weighted by atomic mass is 9.78. The van der Waals surface area contributed by atoms with Gasteiger partial charge in [0.25, 0.3) is 0 Å². The number of hydrogen-bond donors (Lipinski definition) is 2. The summed E-state index contributed by atoms with van der Waals surface area (Å²) in [5.41, 5.74) is 5.97. The number of thioether (sulfide) groups is 1. The number of ketones is 1. The van der Waals surface area contributed by atoms with Gasteiger partial charge in [-0.15, -0.1) is 0 Å². The molecule has 0 unspecified atom stereocenters. The molecule has 0 atom stereocenters. The number of aliphatic hydroxyl groups excluding tert-OH is 1. The van der Waals surface area contributed by atoms with Gasteiger partial charge in [-0.25, -0.2) is 4.79 Å². The third-order valence-electron chi connectivity index (χ3n) is 8.22. The number of fused-ring (bicyclic) bond motifs is 2. The summed E-state index contributed by atoms with van der Waals surface area (Å²) in [7, 11) is 0. The molecule has 2 N–H and O–H groups in total. The molecule has 2 aliphatic heterocycles. The lowest BCUT2D eigenvalue weighted by molar-refractivity contribution is -0.438. The van der Waals surface area contributed by atoms with Crippen LogP contribution in [0.3, 0.4) is 0 Å². The van der Waals surface area contributed by atoms with E-state index >= 15 is 0 Å². The van der Waals surface area contributed by atoms with Crippen LogP contribution in [0, 0.1) is 0 Å². The van der Waals surface area contributed by atoms with Gasteiger partial charge in [-0.1, -0.05) is 73.6 Å². The highest BCUT2D eigenvalue weighted by atomic mass is 32.2. The molecule has 6 rings (SSSR count). The highest BCUT2D eigenvalue weighted by Crippen LogP contribution is 2.46. The summed E-state index contributed by atoms with van der Waals surface area (Å²) in [5, 5.41) is 20.8. The van der Waals surface area contributed by atoms with Crippen molar-refractivity contribution in [2.24, 2.45) is 0 Å². The van der Waals surface area contributed by atoms with Gasteiger partial charge in [0.05, 0.1) is 22.1 Å². The van der Waals surface area contributed by atoms with Gasteiger partial charge in [-0.05, 0) is 60.9 Å². The molecule has 0 saturated heterocycles. The zero-order valence-corrected chi connectivity index (χ0v) is 24.7. The van der Waals surface area contributed by atoms with E-state index in [9.17, 15) is 19.8 Å². The summed E-state index contributed by atoms with van der Waals surface area (Å²) in [6.45, 7) is 6.93. The van der Waals surface area contributed by atoms with Crippen LogP contribution in [0.2, 0.25) is 0 Å². The number of carboxylic acids is 1. The van der Waals surface area contributed by atoms with Crippen molar-refractivity contribution in [3.05, 3.63) is 130 Å². The molecule has 3 aromatic rings. The molecule has 0 amide bonds. The largest absolute Gasteiger partial charge is 0.506 e. The van der Waals surface area contributed by atoms with Crippen LogP contribution in [0.4, 0.5) is 5.69 Å². The Morgan fingerprint density at radius 1 is 1.00 bits per heavy atom. The Morgan fingerprint density at radius 2 is 1.74 bits per heavy atom. The van der Waals surface area contributed by atoms with Crippen LogP contribution in [0.1, 0.15) is 60.7 Å². The number of rotatable bonds is 7. The second kappa shape index (κ2) is 10.8. The van der Waals surface area contributed by atoms with E-state index in [1.165, 1.54) is 0 Å². The summed E-state index contributed by atoms with van der Waals surface area (Å²) in [5.74, 6) is -1.19. The molecule has 5 nitrogen and oxygen atoms in total. The second-order valence-electron chi connectivity index (χ2n) is 11.3. The number of nitrogens with zero attached hydrogens (tertiary/aromatic N) is 1. The topological polar surface area (TPSA) is 77.6 Å². The summed E-state index contributed by atoms with van der Waals surface area (Å²) < 4.78 is 2.16. The van der Waals surface area contributed by atoms with E-state index in [0.29, 0.717) is 5.57 Å². The quantitative estimate of drug-likeness (QED) is 0.220. The van der Waals surface area contributed by atoms with Gasteiger partial charge in [-0.3, -0.25) is 4.79 Å². The molecule has 1 aliphatic carbocycles. The maximum Gasteiger partial charge on any atom is 0.335 e. The number of hydrogen-bond acceptors (Lipinski definition) is 4. The first-order valence-electron chi connectivity index (χ1n) is 14.2. The van der Waals surface area contributed by atoms with Crippen molar-refractivity contribution in [3.63, 3.8) is 0 Å². The fourth-order valence-electron chi connectivity index (χ4n) is 5.85. The molecule has 0 aromatic heterocycles. The number of aromatic carboxylic acids is 1. The predicted octanol–water partition coefficient (Wildman–Crippen LogP) is 8.11. The van der Waals surface area contributed by atoms with E-state index in [0.717, 1.165) is 62.8 Å². The number of Topliss-reactive ketones (excluding diaryl/α,β-unsaturated/α-hetero) is 1. The molecule has 2 heterocycles. The first-order chi connectivity index (χ1) is 20.2. The highest BCUT2D eigenvalue weighted by Gasteiger charge is 2.46. The van der Waals surface area contributed by atoms with Crippen molar-refractivity contribution in [3.8, 4) is 0 Å². The second-order valence-corrected chi connectivity index (χ2v) is 12.4. The van der Waals surface area contributed by atoms with Gasteiger partial charge >= 0.3 is 5.97 Å². The van der Waals surface area contributed by atoms with Crippen molar-refractivity contribution in [1.82, 2.24) is 0 Å². The number of carbonyl (C=O) groups is 2. The van der Waals surface area contributed by atoms with E-state index in [4.69, 9.17) is 0 Å². The molecule has 0 spiro atoms. The molecule has 3 aromatic carbocycles. The minimum atomic E-state index is -0.972. The number of carbonyl (C=O) groups excluding carboxylic acids is 1. The molecule has 42 heavy (non-hydrogen) atoms. The minimum absolute atomic E-state index is 0.0150. The molecular weight excluding hydrogens is 542 g/mol. The van der Waals surface area contributed by atoms with E-state index in [-0.39, 0.29) is 22.7 Å². The average Bonchev–Trinajstić information content (AvgIpc) is 3.22. The van der Waals surface area contributed by atoms with E-state index in [1.54, 1.807) is 36.0 Å². The maximum atomic E-state index is 13.6. The standard InChI is InChI=1S/C36H31NO4S/c1-4-5-17-37-29-16-15-23(35(40)41)19-28(29)36(2,3)32(37)21-27-33(38)26(34(27)39)18-24-20-31(22-11-7-6-8-12-22)42-30-14-10-9-13-25(24)30/h6-16,18-21H,4-5,17H2,1-3H3,(H-,38,39,40,41)/p+1/b24-18-. The van der Waals surface area contributed by atoms with Gasteiger partial charge in [0.15, 0.2) is 5.71 Å². The van der Waals surface area contributed by atoms with Crippen LogP contribution >= 0.6 is 11.8 Å². The fraction of sp³-hybridized carbons (Fsp3) is 0.194. The average molecular weight is 575 g/mol. The van der Waals surface area contributed by atoms with E-state index in [1.807, 2.05) is 56.3 Å².